The fourth-order valence-electron chi connectivity index (χ4n) is 0.437. The molecule has 0 fully saturated rings. The molecule has 10 heavy (non-hydrogen) atoms. The lowest BCUT2D eigenvalue weighted by Crippen LogP contribution is -2.33. The van der Waals surface area contributed by atoms with E-state index in [1.54, 1.807) is 0 Å². The van der Waals surface area contributed by atoms with E-state index in [9.17, 15) is 13.2 Å². The van der Waals surface area contributed by atoms with Gasteiger partial charge in [-0.3, -0.25) is 10.9 Å². The molecule has 1 aliphatic rings. The quantitative estimate of drug-likeness (QED) is 0.533. The summed E-state index contributed by atoms with van der Waals surface area (Å²) in [5.41, 5.74) is 2.98. The van der Waals surface area contributed by atoms with Crippen LogP contribution in [0.25, 0.3) is 0 Å². The molecule has 1 heterocycles. The van der Waals surface area contributed by atoms with Gasteiger partial charge in [0, 0.05) is 18.0 Å². The maximum absolute atomic E-state index is 11.7. The lowest BCUT2D eigenvalue weighted by molar-refractivity contribution is -0.0984. The number of hydrogen-bond donors (Lipinski definition) is 2. The van der Waals surface area contributed by atoms with Crippen LogP contribution < -0.4 is 10.9 Å². The van der Waals surface area contributed by atoms with E-state index in [0.717, 1.165) is 6.20 Å². The number of hydrazine groups is 2. The first kappa shape index (κ1) is 7.49. The molecule has 2 N–H and O–H groups in total. The Morgan fingerprint density at radius 2 is 2.10 bits per heavy atom. The molecule has 0 bridgehead atoms. The van der Waals surface area contributed by atoms with Crippen molar-refractivity contribution in [1.29, 1.82) is 0 Å². The minimum absolute atomic E-state index is 0.586. The van der Waals surface area contributed by atoms with Gasteiger partial charge in [0.15, 0.2) is 5.70 Å². The van der Waals surface area contributed by atoms with Gasteiger partial charge in [0.05, 0.1) is 0 Å². The van der Waals surface area contributed by atoms with Crippen LogP contribution in [-0.2, 0) is 0 Å². The molecule has 7 heteroatoms. The zero-order chi connectivity index (χ0) is 7.78. The van der Waals surface area contributed by atoms with Crippen molar-refractivity contribution in [2.75, 3.05) is 0 Å². The van der Waals surface area contributed by atoms with E-state index in [1.165, 1.54) is 0 Å². The topological polar surface area (TPSA) is 27.3 Å². The molecule has 1 rings (SSSR count). The molecule has 1 aliphatic heterocycles. The van der Waals surface area contributed by atoms with Gasteiger partial charge < -0.3 is 0 Å². The maximum Gasteiger partial charge on any atom is 0.433 e. The number of nitrogens with one attached hydrogen (secondary N) is 2. The van der Waals surface area contributed by atoms with Crippen LogP contribution in [0.5, 0.6) is 0 Å². The normalized spacial score (nSPS) is 19.8. The number of allylic oxidation sites excluding steroid dienone is 1. The van der Waals surface area contributed by atoms with Gasteiger partial charge in [0.25, 0.3) is 0 Å². The Morgan fingerprint density at radius 1 is 1.50 bits per heavy atom. The van der Waals surface area contributed by atoms with E-state index < -0.39 is 11.9 Å². The Labute approximate surface area is 59.5 Å². The second-order valence-corrected chi connectivity index (χ2v) is 1.92. The predicted octanol–water partition coefficient (Wildman–Crippen LogP) is 0.869. The van der Waals surface area contributed by atoms with Gasteiger partial charge in [-0.1, -0.05) is 0 Å². The van der Waals surface area contributed by atoms with Gasteiger partial charge in [0.1, 0.15) is 0 Å². The highest BCUT2D eigenvalue weighted by atomic mass is 35.5. The summed E-state index contributed by atoms with van der Waals surface area (Å²) in [5.74, 6) is 0. The zero-order valence-electron chi connectivity index (χ0n) is 4.54. The third-order valence-electron chi connectivity index (χ3n) is 0.846. The molecule has 58 valence electrons. The minimum Gasteiger partial charge on any atom is -0.292 e. The summed E-state index contributed by atoms with van der Waals surface area (Å²) in [4.78, 5) is 0. The summed E-state index contributed by atoms with van der Waals surface area (Å²) < 4.78 is 35.6. The Morgan fingerprint density at radius 3 is 2.30 bits per heavy atom. The molecule has 0 spiro atoms. The molecular formula is C3H3ClF3N3. The van der Waals surface area contributed by atoms with Crippen molar-refractivity contribution in [2.24, 2.45) is 0 Å². The number of alkyl halides is 3. The molecule has 0 aromatic carbocycles. The Bertz CT molecular complexity index is 165. The van der Waals surface area contributed by atoms with Gasteiger partial charge in [0.2, 0.25) is 0 Å². The molecule has 0 atom stereocenters. The number of nitrogens with zero attached hydrogens (tertiary/aromatic N) is 1. The summed E-state index contributed by atoms with van der Waals surface area (Å²) in [6.45, 7) is 0. The Kier molecular flexibility index (Phi) is 1.65. The summed E-state index contributed by atoms with van der Waals surface area (Å²) in [6, 6.07) is 0. The molecule has 0 aromatic heterocycles. The van der Waals surface area contributed by atoms with Gasteiger partial charge in [-0.25, -0.2) is 0 Å². The second kappa shape index (κ2) is 2.21. The number of hydrogen-bond acceptors (Lipinski definition) is 3. The summed E-state index contributed by atoms with van der Waals surface area (Å²) in [7, 11) is 0. The van der Waals surface area contributed by atoms with Gasteiger partial charge in [-0.15, -0.1) is 0 Å². The summed E-state index contributed by atoms with van der Waals surface area (Å²) >= 11 is 5.07. The van der Waals surface area contributed by atoms with E-state index >= 15 is 0 Å². The van der Waals surface area contributed by atoms with Crippen LogP contribution >= 0.6 is 11.8 Å². The molecule has 0 saturated heterocycles. The second-order valence-electron chi connectivity index (χ2n) is 1.58. The van der Waals surface area contributed by atoms with Crippen LogP contribution in [0.3, 0.4) is 0 Å². The van der Waals surface area contributed by atoms with Crippen molar-refractivity contribution < 1.29 is 13.2 Å². The third kappa shape index (κ3) is 1.45. The minimum atomic E-state index is -4.38. The molecule has 0 aromatic rings. The maximum atomic E-state index is 11.7. The first-order valence-electron chi connectivity index (χ1n) is 2.26. The molecule has 3 nitrogen and oxygen atoms in total. The summed E-state index contributed by atoms with van der Waals surface area (Å²) in [5, 5.41) is 0. The Balaban J connectivity index is 2.60. The fraction of sp³-hybridized carbons (Fsp3) is 0.333. The first-order valence-corrected chi connectivity index (χ1v) is 2.60. The molecule has 0 amide bonds. The van der Waals surface area contributed by atoms with Crippen LogP contribution in [0.15, 0.2) is 11.9 Å². The molecular weight excluding hydrogens is 171 g/mol. The van der Waals surface area contributed by atoms with E-state index in [4.69, 9.17) is 11.8 Å². The fourth-order valence-corrected chi connectivity index (χ4v) is 0.577. The van der Waals surface area contributed by atoms with Crippen molar-refractivity contribution in [3.63, 3.8) is 0 Å². The third-order valence-corrected chi connectivity index (χ3v) is 1.03. The van der Waals surface area contributed by atoms with Gasteiger partial charge in [-0.05, 0) is 4.64 Å². The van der Waals surface area contributed by atoms with Crippen LogP contribution in [0.2, 0.25) is 0 Å². The van der Waals surface area contributed by atoms with Crippen molar-refractivity contribution in [3.05, 3.63) is 11.9 Å². The van der Waals surface area contributed by atoms with Crippen LogP contribution in [0, 0.1) is 0 Å². The smallest absolute Gasteiger partial charge is 0.292 e. The highest BCUT2D eigenvalue weighted by Gasteiger charge is 2.37. The van der Waals surface area contributed by atoms with E-state index in [2.05, 4.69) is 5.43 Å². The standard InChI is InChI=1S/C3H3ClF3N3/c4-10-8-1-2(9-10)3(5,6)7/h1,8-9H. The van der Waals surface area contributed by atoms with Crippen molar-refractivity contribution in [1.82, 2.24) is 15.5 Å². The monoisotopic (exact) mass is 173 g/mol. The van der Waals surface area contributed by atoms with Crippen LogP contribution in [0.1, 0.15) is 0 Å². The Hall–Kier alpha value is -0.620. The first-order chi connectivity index (χ1) is 4.50. The average Bonchev–Trinajstić information content (AvgIpc) is 2.11. The lowest BCUT2D eigenvalue weighted by atomic mass is 10.5. The molecule has 0 unspecified atom stereocenters. The van der Waals surface area contributed by atoms with E-state index in [-0.39, 0.29) is 0 Å². The van der Waals surface area contributed by atoms with Gasteiger partial charge in [-0.2, -0.15) is 13.2 Å². The highest BCUT2D eigenvalue weighted by Crippen LogP contribution is 2.24. The number of rotatable bonds is 0. The SMILES string of the molecule is FC(F)(F)C1=CNN(Cl)N1. The number of halogens is 4. The molecule has 0 radical (unpaired) electrons. The van der Waals surface area contributed by atoms with Crippen molar-refractivity contribution in [2.45, 2.75) is 6.18 Å². The largest absolute Gasteiger partial charge is 0.433 e. The van der Waals surface area contributed by atoms with Crippen molar-refractivity contribution in [3.8, 4) is 0 Å². The zero-order valence-corrected chi connectivity index (χ0v) is 5.29. The van der Waals surface area contributed by atoms with Crippen molar-refractivity contribution >= 4 is 11.8 Å². The predicted molar refractivity (Wildman–Crippen MR) is 28.1 cm³/mol. The van der Waals surface area contributed by atoms with Gasteiger partial charge >= 0.3 is 6.18 Å². The van der Waals surface area contributed by atoms with E-state index in [0.29, 0.717) is 4.64 Å². The van der Waals surface area contributed by atoms with Crippen LogP contribution in [-0.4, -0.2) is 10.8 Å². The summed E-state index contributed by atoms with van der Waals surface area (Å²) in [6.07, 6.45) is -3.65. The average molecular weight is 174 g/mol. The molecule has 0 saturated carbocycles. The lowest BCUT2D eigenvalue weighted by Gasteiger charge is -2.09. The molecule has 0 aliphatic carbocycles. The van der Waals surface area contributed by atoms with E-state index in [1.807, 2.05) is 5.43 Å². The highest BCUT2D eigenvalue weighted by molar-refractivity contribution is 6.12. The van der Waals surface area contributed by atoms with Crippen LogP contribution in [0.4, 0.5) is 13.2 Å².